The topological polar surface area (TPSA) is 83.8 Å². The molecule has 1 amide bonds. The molecule has 3 aromatic rings. The number of para-hydroxylation sites is 1. The molecule has 2 unspecified atom stereocenters. The number of fused-ring (bicyclic) bond motifs is 2. The van der Waals surface area contributed by atoms with Crippen LogP contribution >= 0.6 is 0 Å². The molecule has 0 saturated carbocycles. The average Bonchev–Trinajstić information content (AvgIpc) is 3.21. The van der Waals surface area contributed by atoms with Crippen LogP contribution in [0.4, 0.5) is 4.39 Å². The first kappa shape index (κ1) is 14.9. The number of nitrogens with zero attached hydrogens (tertiary/aromatic N) is 2. The van der Waals surface area contributed by atoms with Crippen molar-refractivity contribution < 1.29 is 13.6 Å². The highest BCUT2D eigenvalue weighted by Gasteiger charge is 2.28. The van der Waals surface area contributed by atoms with E-state index < -0.39 is 5.82 Å². The van der Waals surface area contributed by atoms with Crippen LogP contribution < -0.4 is 5.32 Å². The summed E-state index contributed by atoms with van der Waals surface area (Å²) < 4.78 is 19.3. The van der Waals surface area contributed by atoms with Gasteiger partial charge in [-0.3, -0.25) is 4.79 Å². The fourth-order valence-electron chi connectivity index (χ4n) is 3.17. The molecule has 2 heterocycles. The number of aromatic nitrogens is 3. The molecule has 0 saturated heterocycles. The van der Waals surface area contributed by atoms with Crippen LogP contribution in [0.15, 0.2) is 28.7 Å². The molecule has 2 aromatic heterocycles. The van der Waals surface area contributed by atoms with Crippen LogP contribution in [0.2, 0.25) is 0 Å². The third kappa shape index (κ3) is 2.55. The Morgan fingerprint density at radius 3 is 3.08 bits per heavy atom. The molecule has 0 bridgehead atoms. The Bertz CT molecular complexity index is 901. The van der Waals surface area contributed by atoms with E-state index in [1.165, 1.54) is 6.07 Å². The number of nitrogens with one attached hydrogen (secondary N) is 2. The molecule has 0 radical (unpaired) electrons. The summed E-state index contributed by atoms with van der Waals surface area (Å²) >= 11 is 0. The molecule has 1 aliphatic carbocycles. The first-order chi connectivity index (χ1) is 11.6. The molecule has 124 valence electrons. The molecule has 7 heteroatoms. The second kappa shape index (κ2) is 5.74. The van der Waals surface area contributed by atoms with Crippen LogP contribution in [-0.4, -0.2) is 21.3 Å². The largest absolute Gasteiger partial charge is 0.456 e. The monoisotopic (exact) mass is 328 g/mol. The maximum atomic E-state index is 13.7. The van der Waals surface area contributed by atoms with Gasteiger partial charge in [0.15, 0.2) is 11.4 Å². The van der Waals surface area contributed by atoms with E-state index in [0.29, 0.717) is 17.6 Å². The van der Waals surface area contributed by atoms with Crippen molar-refractivity contribution in [1.29, 1.82) is 0 Å². The molecule has 6 nitrogen and oxygen atoms in total. The summed E-state index contributed by atoms with van der Waals surface area (Å²) in [5.74, 6) is -0.0345. The number of hydrogen-bond donors (Lipinski definition) is 2. The SMILES string of the molecule is CC(NC(=O)C1CCc2n[nH]nc2C1)c1cc2cccc(F)c2o1. The van der Waals surface area contributed by atoms with E-state index in [9.17, 15) is 9.18 Å². The van der Waals surface area contributed by atoms with Crippen molar-refractivity contribution in [2.45, 2.75) is 32.2 Å². The number of carbonyl (C=O) groups is 1. The zero-order chi connectivity index (χ0) is 16.7. The lowest BCUT2D eigenvalue weighted by atomic mass is 9.89. The molecule has 2 atom stereocenters. The predicted molar refractivity (Wildman–Crippen MR) is 84.6 cm³/mol. The zero-order valence-electron chi connectivity index (χ0n) is 13.2. The maximum Gasteiger partial charge on any atom is 0.224 e. The van der Waals surface area contributed by atoms with E-state index in [2.05, 4.69) is 20.7 Å². The molecule has 2 N–H and O–H groups in total. The van der Waals surface area contributed by atoms with Crippen molar-refractivity contribution in [1.82, 2.24) is 20.7 Å². The van der Waals surface area contributed by atoms with Crippen LogP contribution in [0.1, 0.15) is 36.5 Å². The quantitative estimate of drug-likeness (QED) is 0.774. The molecule has 4 rings (SSSR count). The van der Waals surface area contributed by atoms with E-state index in [0.717, 1.165) is 24.2 Å². The van der Waals surface area contributed by atoms with Gasteiger partial charge in [0.05, 0.1) is 17.4 Å². The maximum absolute atomic E-state index is 13.7. The number of hydrogen-bond acceptors (Lipinski definition) is 4. The first-order valence-electron chi connectivity index (χ1n) is 7.98. The summed E-state index contributed by atoms with van der Waals surface area (Å²) in [5.41, 5.74) is 2.03. The number of aromatic amines is 1. The van der Waals surface area contributed by atoms with Crippen molar-refractivity contribution >= 4 is 16.9 Å². The molecular weight excluding hydrogens is 311 g/mol. The molecule has 0 spiro atoms. The van der Waals surface area contributed by atoms with E-state index in [4.69, 9.17) is 4.42 Å². The summed E-state index contributed by atoms with van der Waals surface area (Å²) in [6.45, 7) is 1.83. The number of carbonyl (C=O) groups excluding carboxylic acids is 1. The van der Waals surface area contributed by atoms with Gasteiger partial charge >= 0.3 is 0 Å². The van der Waals surface area contributed by atoms with Gasteiger partial charge in [-0.05, 0) is 31.9 Å². The fraction of sp³-hybridized carbons (Fsp3) is 0.353. The van der Waals surface area contributed by atoms with Crippen molar-refractivity contribution in [3.8, 4) is 0 Å². The van der Waals surface area contributed by atoms with Crippen LogP contribution in [0.25, 0.3) is 11.0 Å². The second-order valence-corrected chi connectivity index (χ2v) is 6.19. The number of furan rings is 1. The average molecular weight is 328 g/mol. The fourth-order valence-corrected chi connectivity index (χ4v) is 3.17. The minimum atomic E-state index is -0.400. The Morgan fingerprint density at radius 1 is 1.42 bits per heavy atom. The number of rotatable bonds is 3. The summed E-state index contributed by atoms with van der Waals surface area (Å²) in [6, 6.07) is 6.21. The number of halogens is 1. The lowest BCUT2D eigenvalue weighted by molar-refractivity contribution is -0.126. The third-order valence-corrected chi connectivity index (χ3v) is 4.54. The zero-order valence-corrected chi connectivity index (χ0v) is 13.2. The van der Waals surface area contributed by atoms with E-state index in [-0.39, 0.29) is 23.4 Å². The second-order valence-electron chi connectivity index (χ2n) is 6.19. The normalized spacial score (nSPS) is 18.3. The Balaban J connectivity index is 1.48. The first-order valence-corrected chi connectivity index (χ1v) is 7.98. The minimum Gasteiger partial charge on any atom is -0.456 e. The van der Waals surface area contributed by atoms with Gasteiger partial charge in [-0.1, -0.05) is 12.1 Å². The Kier molecular flexibility index (Phi) is 3.55. The summed E-state index contributed by atoms with van der Waals surface area (Å²) in [5, 5.41) is 14.4. The molecule has 24 heavy (non-hydrogen) atoms. The number of aryl methyl sites for hydroxylation is 1. The van der Waals surface area contributed by atoms with Crippen LogP contribution in [0.5, 0.6) is 0 Å². The number of amides is 1. The molecule has 0 fully saturated rings. The van der Waals surface area contributed by atoms with E-state index in [1.807, 2.05) is 6.92 Å². The number of H-pyrrole nitrogens is 1. The molecule has 1 aromatic carbocycles. The van der Waals surface area contributed by atoms with Gasteiger partial charge in [0.25, 0.3) is 0 Å². The predicted octanol–water partition coefficient (Wildman–Crippen LogP) is 2.67. The Hall–Kier alpha value is -2.70. The van der Waals surface area contributed by atoms with Crippen molar-refractivity contribution in [3.63, 3.8) is 0 Å². The van der Waals surface area contributed by atoms with Crippen molar-refractivity contribution in [2.24, 2.45) is 5.92 Å². The minimum absolute atomic E-state index is 0.0444. The van der Waals surface area contributed by atoms with Gasteiger partial charge in [-0.2, -0.15) is 15.4 Å². The van der Waals surface area contributed by atoms with Crippen LogP contribution in [0.3, 0.4) is 0 Å². The van der Waals surface area contributed by atoms with Gasteiger partial charge < -0.3 is 9.73 Å². The van der Waals surface area contributed by atoms with Crippen LogP contribution in [0, 0.1) is 11.7 Å². The smallest absolute Gasteiger partial charge is 0.224 e. The Morgan fingerprint density at radius 2 is 2.25 bits per heavy atom. The Labute approximate surface area is 137 Å². The molecular formula is C17H17FN4O2. The summed E-state index contributed by atoms with van der Waals surface area (Å²) in [4.78, 5) is 12.5. The lowest BCUT2D eigenvalue weighted by Crippen LogP contribution is -2.35. The van der Waals surface area contributed by atoms with Crippen LogP contribution in [-0.2, 0) is 17.6 Å². The van der Waals surface area contributed by atoms with Crippen molar-refractivity contribution in [2.75, 3.05) is 0 Å². The van der Waals surface area contributed by atoms with Gasteiger partial charge in [0.2, 0.25) is 5.91 Å². The van der Waals surface area contributed by atoms with Crippen molar-refractivity contribution in [3.05, 3.63) is 47.2 Å². The summed E-state index contributed by atoms with van der Waals surface area (Å²) in [6.07, 6.45) is 2.07. The summed E-state index contributed by atoms with van der Waals surface area (Å²) in [7, 11) is 0. The highest BCUT2D eigenvalue weighted by Crippen LogP contribution is 2.27. The van der Waals surface area contributed by atoms with Gasteiger partial charge in [0, 0.05) is 17.7 Å². The molecule has 1 aliphatic rings. The third-order valence-electron chi connectivity index (χ3n) is 4.54. The van der Waals surface area contributed by atoms with E-state index in [1.54, 1.807) is 18.2 Å². The molecule has 0 aliphatic heterocycles. The van der Waals surface area contributed by atoms with E-state index >= 15 is 0 Å². The standard InChI is InChI=1S/C17H17FN4O2/c1-9(15-8-10-3-2-4-12(18)16(10)24-15)19-17(23)11-5-6-13-14(7-11)21-22-20-13/h2-4,8-9,11H,5-7H2,1H3,(H,19,23)(H,20,21,22). The lowest BCUT2D eigenvalue weighted by Gasteiger charge is -2.21. The van der Waals surface area contributed by atoms with Gasteiger partial charge in [-0.25, -0.2) is 4.39 Å². The van der Waals surface area contributed by atoms with Gasteiger partial charge in [0.1, 0.15) is 5.76 Å². The highest BCUT2D eigenvalue weighted by molar-refractivity contribution is 5.81. The van der Waals surface area contributed by atoms with Gasteiger partial charge in [-0.15, -0.1) is 0 Å². The number of benzene rings is 1. The highest BCUT2D eigenvalue weighted by atomic mass is 19.1.